The molecule has 3 heteroatoms. The van der Waals surface area contributed by atoms with Crippen LogP contribution in [-0.2, 0) is 12.0 Å². The topological polar surface area (TPSA) is 32.3 Å². The lowest BCUT2D eigenvalue weighted by molar-refractivity contribution is 0.165. The number of halogens is 1. The van der Waals surface area contributed by atoms with Crippen LogP contribution in [0.4, 0.5) is 4.39 Å². The standard InChI is InChI=1S/C18H20FNO/c19-16-8-4-7-15(12-16)18(9-10-18)20-13-17(21)11-14-5-2-1-3-6-14/h1-8,12,17,20-21H,9-11,13H2. The van der Waals surface area contributed by atoms with Crippen LogP contribution >= 0.6 is 0 Å². The molecule has 1 saturated carbocycles. The van der Waals surface area contributed by atoms with Crippen molar-refractivity contribution in [2.75, 3.05) is 6.54 Å². The molecule has 1 fully saturated rings. The Labute approximate surface area is 124 Å². The molecule has 2 nitrogen and oxygen atoms in total. The van der Waals surface area contributed by atoms with Gasteiger partial charge in [-0.05, 0) is 42.5 Å². The first-order chi connectivity index (χ1) is 10.2. The molecule has 3 rings (SSSR count). The maximum atomic E-state index is 13.3. The van der Waals surface area contributed by atoms with Crippen LogP contribution in [0.2, 0.25) is 0 Å². The van der Waals surface area contributed by atoms with Gasteiger partial charge in [-0.2, -0.15) is 0 Å². The lowest BCUT2D eigenvalue weighted by Crippen LogP contribution is -2.36. The molecule has 0 amide bonds. The van der Waals surface area contributed by atoms with E-state index in [4.69, 9.17) is 0 Å². The van der Waals surface area contributed by atoms with Crippen molar-refractivity contribution >= 4 is 0 Å². The molecule has 0 aromatic heterocycles. The maximum absolute atomic E-state index is 13.3. The van der Waals surface area contributed by atoms with Gasteiger partial charge < -0.3 is 10.4 Å². The van der Waals surface area contributed by atoms with Gasteiger partial charge >= 0.3 is 0 Å². The van der Waals surface area contributed by atoms with Crippen molar-refractivity contribution in [1.82, 2.24) is 5.32 Å². The molecule has 2 aromatic carbocycles. The van der Waals surface area contributed by atoms with Crippen LogP contribution in [0.3, 0.4) is 0 Å². The molecule has 1 atom stereocenters. The van der Waals surface area contributed by atoms with E-state index in [9.17, 15) is 9.50 Å². The van der Waals surface area contributed by atoms with Gasteiger partial charge in [0.15, 0.2) is 0 Å². The SMILES string of the molecule is OC(CNC1(c2cccc(F)c2)CC1)Cc1ccccc1. The highest BCUT2D eigenvalue weighted by molar-refractivity contribution is 5.30. The Morgan fingerprint density at radius 1 is 1.10 bits per heavy atom. The fraction of sp³-hybridized carbons (Fsp3) is 0.333. The molecule has 2 N–H and O–H groups in total. The minimum atomic E-state index is -0.432. The lowest BCUT2D eigenvalue weighted by Gasteiger charge is -2.20. The Bertz CT molecular complexity index is 595. The summed E-state index contributed by atoms with van der Waals surface area (Å²) in [6.45, 7) is 0.519. The number of benzene rings is 2. The van der Waals surface area contributed by atoms with Crippen molar-refractivity contribution in [1.29, 1.82) is 0 Å². The number of hydrogen-bond acceptors (Lipinski definition) is 2. The first-order valence-electron chi connectivity index (χ1n) is 7.41. The maximum Gasteiger partial charge on any atom is 0.123 e. The molecule has 1 aliphatic carbocycles. The van der Waals surface area contributed by atoms with Crippen LogP contribution in [0.15, 0.2) is 54.6 Å². The Morgan fingerprint density at radius 3 is 2.52 bits per heavy atom. The Hall–Kier alpha value is -1.71. The Morgan fingerprint density at radius 2 is 1.86 bits per heavy atom. The van der Waals surface area contributed by atoms with E-state index < -0.39 is 6.10 Å². The summed E-state index contributed by atoms with van der Waals surface area (Å²) in [7, 11) is 0. The van der Waals surface area contributed by atoms with E-state index in [1.807, 2.05) is 36.4 Å². The summed E-state index contributed by atoms with van der Waals surface area (Å²) in [6.07, 6.45) is 2.19. The Kier molecular flexibility index (Phi) is 4.04. The molecule has 2 aromatic rings. The van der Waals surface area contributed by atoms with Crippen LogP contribution in [0.25, 0.3) is 0 Å². The molecule has 0 saturated heterocycles. The summed E-state index contributed by atoms with van der Waals surface area (Å²) in [5.74, 6) is -0.203. The van der Waals surface area contributed by atoms with Gasteiger partial charge in [-0.3, -0.25) is 0 Å². The second-order valence-electron chi connectivity index (χ2n) is 5.82. The molecule has 0 spiro atoms. The monoisotopic (exact) mass is 285 g/mol. The van der Waals surface area contributed by atoms with E-state index in [1.165, 1.54) is 6.07 Å². The van der Waals surface area contributed by atoms with Gasteiger partial charge in [0.05, 0.1) is 6.10 Å². The van der Waals surface area contributed by atoms with Crippen molar-refractivity contribution in [3.63, 3.8) is 0 Å². The minimum absolute atomic E-state index is 0.139. The van der Waals surface area contributed by atoms with Gasteiger partial charge in [0.1, 0.15) is 5.82 Å². The van der Waals surface area contributed by atoms with Gasteiger partial charge in [-0.15, -0.1) is 0 Å². The highest BCUT2D eigenvalue weighted by Gasteiger charge is 2.44. The molecular formula is C18H20FNO. The molecule has 0 aliphatic heterocycles. The molecule has 1 unspecified atom stereocenters. The number of aliphatic hydroxyl groups excluding tert-OH is 1. The molecule has 1 aliphatic rings. The van der Waals surface area contributed by atoms with Crippen LogP contribution in [0.5, 0.6) is 0 Å². The van der Waals surface area contributed by atoms with Gasteiger partial charge in [0.25, 0.3) is 0 Å². The molecule has 21 heavy (non-hydrogen) atoms. The number of rotatable bonds is 6. The summed E-state index contributed by atoms with van der Waals surface area (Å²) in [6, 6.07) is 16.7. The first kappa shape index (κ1) is 14.2. The number of hydrogen-bond donors (Lipinski definition) is 2. The molecular weight excluding hydrogens is 265 g/mol. The molecule has 0 heterocycles. The van der Waals surface area contributed by atoms with E-state index in [1.54, 1.807) is 12.1 Å². The van der Waals surface area contributed by atoms with Crippen LogP contribution in [0, 0.1) is 5.82 Å². The largest absolute Gasteiger partial charge is 0.391 e. The fourth-order valence-corrected chi connectivity index (χ4v) is 2.75. The van der Waals surface area contributed by atoms with Crippen molar-refractivity contribution in [2.45, 2.75) is 30.9 Å². The summed E-state index contributed by atoms with van der Waals surface area (Å²) < 4.78 is 13.3. The Balaban J connectivity index is 1.57. The molecule has 0 radical (unpaired) electrons. The average Bonchev–Trinajstić information content (AvgIpc) is 3.28. The third-order valence-electron chi connectivity index (χ3n) is 4.12. The lowest BCUT2D eigenvalue weighted by atomic mass is 10.0. The average molecular weight is 285 g/mol. The fourth-order valence-electron chi connectivity index (χ4n) is 2.75. The van der Waals surface area contributed by atoms with Gasteiger partial charge in [0.2, 0.25) is 0 Å². The predicted molar refractivity (Wildman–Crippen MR) is 81.5 cm³/mol. The zero-order valence-electron chi connectivity index (χ0n) is 11.9. The zero-order chi connectivity index (χ0) is 14.7. The summed E-state index contributed by atoms with van der Waals surface area (Å²) in [4.78, 5) is 0. The van der Waals surface area contributed by atoms with E-state index in [0.29, 0.717) is 13.0 Å². The smallest absolute Gasteiger partial charge is 0.123 e. The quantitative estimate of drug-likeness (QED) is 0.855. The zero-order valence-corrected chi connectivity index (χ0v) is 11.9. The van der Waals surface area contributed by atoms with Crippen molar-refractivity contribution in [3.8, 4) is 0 Å². The molecule has 0 bridgehead atoms. The van der Waals surface area contributed by atoms with Crippen LogP contribution < -0.4 is 5.32 Å². The van der Waals surface area contributed by atoms with Crippen LogP contribution in [-0.4, -0.2) is 17.8 Å². The highest BCUT2D eigenvalue weighted by Crippen LogP contribution is 2.45. The first-order valence-corrected chi connectivity index (χ1v) is 7.41. The normalized spacial score (nSPS) is 17.4. The van der Waals surface area contributed by atoms with Gasteiger partial charge in [-0.25, -0.2) is 4.39 Å². The predicted octanol–water partition coefficient (Wildman–Crippen LogP) is 3.01. The van der Waals surface area contributed by atoms with Crippen molar-refractivity contribution in [2.24, 2.45) is 0 Å². The minimum Gasteiger partial charge on any atom is -0.391 e. The molecule has 110 valence electrons. The van der Waals surface area contributed by atoms with Crippen molar-refractivity contribution in [3.05, 3.63) is 71.5 Å². The van der Waals surface area contributed by atoms with Crippen LogP contribution in [0.1, 0.15) is 24.0 Å². The summed E-state index contributed by atoms with van der Waals surface area (Å²) in [5.41, 5.74) is 1.97. The summed E-state index contributed by atoms with van der Waals surface area (Å²) >= 11 is 0. The number of aliphatic hydroxyl groups is 1. The third kappa shape index (κ3) is 3.49. The summed E-state index contributed by atoms with van der Waals surface area (Å²) in [5, 5.41) is 13.6. The third-order valence-corrected chi connectivity index (χ3v) is 4.12. The second-order valence-corrected chi connectivity index (χ2v) is 5.82. The second kappa shape index (κ2) is 5.96. The highest BCUT2D eigenvalue weighted by atomic mass is 19.1. The van der Waals surface area contributed by atoms with Gasteiger partial charge in [-0.1, -0.05) is 42.5 Å². The van der Waals surface area contributed by atoms with E-state index in [0.717, 1.165) is 24.0 Å². The van der Waals surface area contributed by atoms with E-state index in [2.05, 4.69) is 5.32 Å². The van der Waals surface area contributed by atoms with Gasteiger partial charge in [0, 0.05) is 12.1 Å². The van der Waals surface area contributed by atoms with E-state index >= 15 is 0 Å². The van der Waals surface area contributed by atoms with E-state index in [-0.39, 0.29) is 11.4 Å². The number of nitrogens with one attached hydrogen (secondary N) is 1. The van der Waals surface area contributed by atoms with Crippen molar-refractivity contribution < 1.29 is 9.50 Å².